The van der Waals surface area contributed by atoms with Gasteiger partial charge >= 0.3 is 0 Å². The number of nitrogens with one attached hydrogen (secondary N) is 1. The maximum atomic E-state index is 6.17. The van der Waals surface area contributed by atoms with E-state index >= 15 is 0 Å². The van der Waals surface area contributed by atoms with Crippen LogP contribution in [-0.4, -0.2) is 26.8 Å². The van der Waals surface area contributed by atoms with E-state index in [9.17, 15) is 0 Å². The predicted octanol–water partition coefficient (Wildman–Crippen LogP) is 3.14. The van der Waals surface area contributed by atoms with Gasteiger partial charge in [-0.3, -0.25) is 0 Å². The van der Waals surface area contributed by atoms with E-state index in [1.54, 1.807) is 7.11 Å². The Kier molecular flexibility index (Phi) is 5.96. The van der Waals surface area contributed by atoms with Crippen molar-refractivity contribution >= 4 is 11.6 Å². The number of methoxy groups -OCH3 is 1. The third-order valence-electron chi connectivity index (χ3n) is 2.71. The molecule has 0 fully saturated rings. The van der Waals surface area contributed by atoms with Crippen molar-refractivity contribution in [3.05, 3.63) is 34.9 Å². The highest BCUT2D eigenvalue weighted by Gasteiger charge is 2.19. The molecule has 0 atom stereocenters. The van der Waals surface area contributed by atoms with Gasteiger partial charge in [-0.1, -0.05) is 43.6 Å². The van der Waals surface area contributed by atoms with Crippen molar-refractivity contribution in [1.82, 2.24) is 5.32 Å². The first kappa shape index (κ1) is 14.5. The van der Waals surface area contributed by atoms with Gasteiger partial charge in [0.2, 0.25) is 0 Å². The summed E-state index contributed by atoms with van der Waals surface area (Å²) in [6, 6.07) is 8.05. The Morgan fingerprint density at radius 2 is 2.00 bits per heavy atom. The van der Waals surface area contributed by atoms with Crippen LogP contribution >= 0.6 is 11.6 Å². The topological polar surface area (TPSA) is 21.3 Å². The molecule has 96 valence electrons. The van der Waals surface area contributed by atoms with Crippen molar-refractivity contribution in [2.24, 2.45) is 5.41 Å². The molecule has 0 aliphatic rings. The fraction of sp³-hybridized carbons (Fsp3) is 0.571. The lowest BCUT2D eigenvalue weighted by atomic mass is 9.85. The zero-order valence-corrected chi connectivity index (χ0v) is 11.7. The molecule has 17 heavy (non-hydrogen) atoms. The quantitative estimate of drug-likeness (QED) is 0.756. The van der Waals surface area contributed by atoms with Gasteiger partial charge in [0.25, 0.3) is 0 Å². The molecule has 0 radical (unpaired) electrons. The van der Waals surface area contributed by atoms with Gasteiger partial charge in [0.1, 0.15) is 0 Å². The van der Waals surface area contributed by atoms with Gasteiger partial charge in [0.05, 0.1) is 6.61 Å². The SMILES string of the molecule is COCCNCC(C)(C)Cc1ccccc1Cl. The number of benzene rings is 1. The minimum Gasteiger partial charge on any atom is -0.383 e. The first-order chi connectivity index (χ1) is 8.05. The molecule has 0 aliphatic heterocycles. The molecule has 0 amide bonds. The monoisotopic (exact) mass is 255 g/mol. The lowest BCUT2D eigenvalue weighted by Crippen LogP contribution is -2.33. The van der Waals surface area contributed by atoms with Crippen LogP contribution in [0.3, 0.4) is 0 Å². The Hall–Kier alpha value is -0.570. The van der Waals surface area contributed by atoms with Crippen molar-refractivity contribution in [3.63, 3.8) is 0 Å². The molecule has 0 aromatic heterocycles. The van der Waals surface area contributed by atoms with E-state index in [4.69, 9.17) is 16.3 Å². The molecule has 2 nitrogen and oxygen atoms in total. The van der Waals surface area contributed by atoms with Crippen molar-refractivity contribution in [2.45, 2.75) is 20.3 Å². The second kappa shape index (κ2) is 7.00. The Morgan fingerprint density at radius 3 is 2.65 bits per heavy atom. The second-order valence-corrected chi connectivity index (χ2v) is 5.51. The Morgan fingerprint density at radius 1 is 1.29 bits per heavy atom. The van der Waals surface area contributed by atoms with Gasteiger partial charge < -0.3 is 10.1 Å². The Bertz CT molecular complexity index is 339. The van der Waals surface area contributed by atoms with Crippen LogP contribution in [0.4, 0.5) is 0 Å². The predicted molar refractivity (Wildman–Crippen MR) is 73.7 cm³/mol. The van der Waals surface area contributed by atoms with Gasteiger partial charge in [-0.25, -0.2) is 0 Å². The molecule has 1 aromatic carbocycles. The smallest absolute Gasteiger partial charge is 0.0587 e. The van der Waals surface area contributed by atoms with Crippen molar-refractivity contribution in [3.8, 4) is 0 Å². The minimum atomic E-state index is 0.193. The molecular weight excluding hydrogens is 234 g/mol. The molecule has 0 heterocycles. The van der Waals surface area contributed by atoms with Gasteiger partial charge in [-0.15, -0.1) is 0 Å². The number of ether oxygens (including phenoxy) is 1. The van der Waals surface area contributed by atoms with Crippen LogP contribution in [0.2, 0.25) is 5.02 Å². The van der Waals surface area contributed by atoms with Crippen LogP contribution in [0.1, 0.15) is 19.4 Å². The molecule has 1 rings (SSSR count). The van der Waals surface area contributed by atoms with Gasteiger partial charge in [-0.05, 0) is 23.5 Å². The minimum absolute atomic E-state index is 0.193. The van der Waals surface area contributed by atoms with Crippen molar-refractivity contribution in [2.75, 3.05) is 26.8 Å². The fourth-order valence-corrected chi connectivity index (χ4v) is 2.02. The second-order valence-electron chi connectivity index (χ2n) is 5.10. The van der Waals surface area contributed by atoms with Crippen LogP contribution < -0.4 is 5.32 Å². The zero-order chi connectivity index (χ0) is 12.7. The lowest BCUT2D eigenvalue weighted by molar-refractivity contribution is 0.194. The molecule has 1 aromatic rings. The summed E-state index contributed by atoms with van der Waals surface area (Å²) >= 11 is 6.17. The molecule has 0 unspecified atom stereocenters. The summed E-state index contributed by atoms with van der Waals surface area (Å²) in [4.78, 5) is 0. The number of halogens is 1. The van der Waals surface area contributed by atoms with E-state index in [2.05, 4.69) is 25.2 Å². The highest BCUT2D eigenvalue weighted by molar-refractivity contribution is 6.31. The fourth-order valence-electron chi connectivity index (χ4n) is 1.82. The summed E-state index contributed by atoms with van der Waals surface area (Å²) in [5.41, 5.74) is 1.41. The third-order valence-corrected chi connectivity index (χ3v) is 3.08. The molecular formula is C14H22ClNO. The summed E-state index contributed by atoms with van der Waals surface area (Å²) in [5, 5.41) is 4.26. The van der Waals surface area contributed by atoms with Crippen molar-refractivity contribution in [1.29, 1.82) is 0 Å². The van der Waals surface area contributed by atoms with E-state index in [0.29, 0.717) is 0 Å². The molecule has 0 saturated carbocycles. The largest absolute Gasteiger partial charge is 0.383 e. The zero-order valence-electron chi connectivity index (χ0n) is 10.9. The lowest BCUT2D eigenvalue weighted by Gasteiger charge is -2.25. The highest BCUT2D eigenvalue weighted by atomic mass is 35.5. The summed E-state index contributed by atoms with van der Waals surface area (Å²) in [5.74, 6) is 0. The number of hydrogen-bond acceptors (Lipinski definition) is 2. The molecule has 0 aliphatic carbocycles. The third kappa shape index (κ3) is 5.53. The van der Waals surface area contributed by atoms with Crippen LogP contribution in [0.15, 0.2) is 24.3 Å². The van der Waals surface area contributed by atoms with E-state index in [-0.39, 0.29) is 5.41 Å². The summed E-state index contributed by atoms with van der Waals surface area (Å²) in [6.45, 7) is 7.10. The van der Waals surface area contributed by atoms with Gasteiger partial charge in [0, 0.05) is 25.2 Å². The Labute approximate surface area is 109 Å². The highest BCUT2D eigenvalue weighted by Crippen LogP contribution is 2.25. The van der Waals surface area contributed by atoms with E-state index in [0.717, 1.165) is 31.1 Å². The Balaban J connectivity index is 2.46. The average Bonchev–Trinajstić information content (AvgIpc) is 2.28. The summed E-state index contributed by atoms with van der Waals surface area (Å²) in [6.07, 6.45) is 0.979. The molecule has 0 bridgehead atoms. The van der Waals surface area contributed by atoms with Crippen LogP contribution in [0.5, 0.6) is 0 Å². The standard InChI is InChI=1S/C14H22ClNO/c1-14(2,11-16-8-9-17-3)10-12-6-4-5-7-13(12)15/h4-7,16H,8-11H2,1-3H3. The molecule has 0 saturated heterocycles. The summed E-state index contributed by atoms with van der Waals surface area (Å²) in [7, 11) is 1.72. The number of rotatable bonds is 7. The van der Waals surface area contributed by atoms with Crippen LogP contribution in [0, 0.1) is 5.41 Å². The normalized spacial score (nSPS) is 11.8. The van der Waals surface area contributed by atoms with Gasteiger partial charge in [-0.2, -0.15) is 0 Å². The molecule has 1 N–H and O–H groups in total. The molecule has 3 heteroatoms. The molecule has 0 spiro atoms. The van der Waals surface area contributed by atoms with Crippen molar-refractivity contribution < 1.29 is 4.74 Å². The van der Waals surface area contributed by atoms with E-state index < -0.39 is 0 Å². The van der Waals surface area contributed by atoms with Crippen LogP contribution in [-0.2, 0) is 11.2 Å². The maximum Gasteiger partial charge on any atom is 0.0587 e. The first-order valence-corrected chi connectivity index (χ1v) is 6.36. The average molecular weight is 256 g/mol. The first-order valence-electron chi connectivity index (χ1n) is 5.98. The van der Waals surface area contributed by atoms with E-state index in [1.807, 2.05) is 18.2 Å². The van der Waals surface area contributed by atoms with Gasteiger partial charge in [0.15, 0.2) is 0 Å². The number of hydrogen-bond donors (Lipinski definition) is 1. The van der Waals surface area contributed by atoms with E-state index in [1.165, 1.54) is 5.56 Å². The summed E-state index contributed by atoms with van der Waals surface area (Å²) < 4.78 is 5.01. The maximum absolute atomic E-state index is 6.17. The van der Waals surface area contributed by atoms with Crippen LogP contribution in [0.25, 0.3) is 0 Å².